The summed E-state index contributed by atoms with van der Waals surface area (Å²) in [6, 6.07) is 73.7. The highest BCUT2D eigenvalue weighted by Gasteiger charge is 2.17. The average molecular weight is 1010 g/mol. The molecule has 3 heterocycles. The first-order valence-corrected chi connectivity index (χ1v) is 25.5. The third-order valence-corrected chi connectivity index (χ3v) is 17.8. The van der Waals surface area contributed by atoms with E-state index in [-0.39, 0.29) is 0 Å². The van der Waals surface area contributed by atoms with E-state index in [1.165, 1.54) is 119 Å². The second-order valence-corrected chi connectivity index (χ2v) is 21.1. The van der Waals surface area contributed by atoms with Crippen molar-refractivity contribution < 1.29 is 4.79 Å². The van der Waals surface area contributed by atoms with E-state index in [1.807, 2.05) is 34.8 Å². The molecule has 0 unspecified atom stereocenters. The molecule has 0 fully saturated rings. The summed E-state index contributed by atoms with van der Waals surface area (Å²) in [7, 11) is 0. The quantitative estimate of drug-likeness (QED) is 0.118. The molecule has 0 amide bonds. The maximum atomic E-state index is 11.6. The number of rotatable bonds is 1. The summed E-state index contributed by atoms with van der Waals surface area (Å²) in [5, 5.41) is 23.7. The zero-order valence-corrected chi connectivity index (χ0v) is 39.8. The molecule has 12 aromatic carbocycles. The molecule has 310 valence electrons. The first kappa shape index (κ1) is 39.6. The maximum Gasteiger partial charge on any atom is 0.151 e. The summed E-state index contributed by atoms with van der Waals surface area (Å²) in [6.07, 6.45) is 0.979. The molecule has 0 radical (unpaired) electrons. The normalized spacial score (nSPS) is 11.8. The van der Waals surface area contributed by atoms with E-state index in [0.29, 0.717) is 0 Å². The molecule has 3 aromatic heterocycles. The van der Waals surface area contributed by atoms with Gasteiger partial charge in [0.2, 0.25) is 0 Å². The SMILES string of the molecule is Ic1cc2ccccc2c2c1sc1ccc3ccccc3c12.O=Cc1cc2ccccc2c2c1sc1ccc3ccccc3c12.c1ccc2c(c1)ccc1sc3ccc4ccccc4c3c12. The molecule has 15 rings (SSSR count). The van der Waals surface area contributed by atoms with Crippen LogP contribution in [0.1, 0.15) is 10.4 Å². The number of carbonyl (C=O) groups is 1. The fourth-order valence-corrected chi connectivity index (χ4v) is 14.6. The summed E-state index contributed by atoms with van der Waals surface area (Å²) in [5.74, 6) is 0. The largest absolute Gasteiger partial charge is 0.298 e. The van der Waals surface area contributed by atoms with Gasteiger partial charge in [0.1, 0.15) is 0 Å². The Hall–Kier alpha value is -6.74. The van der Waals surface area contributed by atoms with Gasteiger partial charge in [0, 0.05) is 69.7 Å². The monoisotopic (exact) mass is 1010 g/mol. The third-order valence-electron chi connectivity index (χ3n) is 13.1. The molecule has 0 atom stereocenters. The predicted octanol–water partition coefficient (Wildman–Crippen LogP) is 19.5. The molecule has 0 N–H and O–H groups in total. The van der Waals surface area contributed by atoms with Crippen LogP contribution in [0.5, 0.6) is 0 Å². The Kier molecular flexibility index (Phi) is 9.60. The minimum absolute atomic E-state index is 0.781. The van der Waals surface area contributed by atoms with Crippen molar-refractivity contribution in [1.29, 1.82) is 0 Å². The molecule has 0 saturated heterocycles. The van der Waals surface area contributed by atoms with Crippen LogP contribution in [0.3, 0.4) is 0 Å². The Morgan fingerprint density at radius 2 is 0.606 bits per heavy atom. The number of thiophene rings is 3. The van der Waals surface area contributed by atoms with Gasteiger partial charge in [0.25, 0.3) is 0 Å². The van der Waals surface area contributed by atoms with Gasteiger partial charge in [-0.3, -0.25) is 4.79 Å². The lowest BCUT2D eigenvalue weighted by atomic mass is 9.98. The fraction of sp³-hybridized carbons (Fsp3) is 0. The molecule has 5 heteroatoms. The Bertz CT molecular complexity index is 4370. The first-order chi connectivity index (χ1) is 32.6. The molecule has 1 nitrogen and oxygen atoms in total. The molecule has 66 heavy (non-hydrogen) atoms. The van der Waals surface area contributed by atoms with Crippen LogP contribution in [0.25, 0.3) is 125 Å². The van der Waals surface area contributed by atoms with Gasteiger partial charge in [0.05, 0.1) is 0 Å². The number of carbonyl (C=O) groups excluding carboxylic acids is 1. The van der Waals surface area contributed by atoms with Crippen LogP contribution in [0.15, 0.2) is 206 Å². The van der Waals surface area contributed by atoms with E-state index in [4.69, 9.17) is 0 Å². The van der Waals surface area contributed by atoms with Crippen molar-refractivity contribution in [2.75, 3.05) is 0 Å². The Labute approximate surface area is 404 Å². The van der Waals surface area contributed by atoms with Gasteiger partial charge in [-0.1, -0.05) is 170 Å². The van der Waals surface area contributed by atoms with Crippen molar-refractivity contribution in [3.05, 3.63) is 215 Å². The smallest absolute Gasteiger partial charge is 0.151 e. The zero-order chi connectivity index (χ0) is 43.9. The molecule has 15 aromatic rings. The van der Waals surface area contributed by atoms with E-state index in [9.17, 15) is 4.79 Å². The third kappa shape index (κ3) is 6.33. The molecular formula is C61H35IOS3. The van der Waals surface area contributed by atoms with Crippen LogP contribution in [-0.2, 0) is 0 Å². The maximum absolute atomic E-state index is 11.6. The number of hydrogen-bond acceptors (Lipinski definition) is 4. The number of benzene rings is 12. The lowest BCUT2D eigenvalue weighted by molar-refractivity contribution is 0.112. The van der Waals surface area contributed by atoms with Crippen molar-refractivity contribution in [3.8, 4) is 0 Å². The number of aldehydes is 1. The molecule has 0 aliphatic carbocycles. The van der Waals surface area contributed by atoms with Crippen LogP contribution in [0.4, 0.5) is 0 Å². The van der Waals surface area contributed by atoms with E-state index < -0.39 is 0 Å². The van der Waals surface area contributed by atoms with Gasteiger partial charge < -0.3 is 0 Å². The van der Waals surface area contributed by atoms with Crippen molar-refractivity contribution in [3.63, 3.8) is 0 Å². The van der Waals surface area contributed by atoms with Crippen molar-refractivity contribution in [2.24, 2.45) is 0 Å². The van der Waals surface area contributed by atoms with Crippen LogP contribution < -0.4 is 0 Å². The summed E-state index contributed by atoms with van der Waals surface area (Å²) in [4.78, 5) is 11.6. The molecule has 0 spiro atoms. The Balaban J connectivity index is 0.0000000989. The van der Waals surface area contributed by atoms with Gasteiger partial charge in [-0.15, -0.1) is 34.0 Å². The summed E-state index contributed by atoms with van der Waals surface area (Å²) in [6.45, 7) is 0. The minimum Gasteiger partial charge on any atom is -0.298 e. The van der Waals surface area contributed by atoms with Gasteiger partial charge in [0.15, 0.2) is 6.29 Å². The number of halogens is 1. The van der Waals surface area contributed by atoms with Crippen LogP contribution >= 0.6 is 56.6 Å². The highest BCUT2D eigenvalue weighted by molar-refractivity contribution is 14.1. The number of hydrogen-bond donors (Lipinski definition) is 0. The fourth-order valence-electron chi connectivity index (χ4n) is 10.2. The lowest BCUT2D eigenvalue weighted by Crippen LogP contribution is -1.83. The second kappa shape index (κ2) is 16.0. The van der Waals surface area contributed by atoms with Gasteiger partial charge in [-0.25, -0.2) is 0 Å². The molecule has 0 bridgehead atoms. The van der Waals surface area contributed by atoms with Crippen molar-refractivity contribution >= 4 is 188 Å². The predicted molar refractivity (Wildman–Crippen MR) is 301 cm³/mol. The highest BCUT2D eigenvalue weighted by atomic mass is 127. The standard InChI is InChI=1S/C21H12OS.C20H11IS.C20H12S/c22-12-15-11-14-6-2-4-8-17(14)20-19-16-7-3-1-5-13(16)9-10-18(19)23-21(15)20;21-16-11-13-6-2-4-8-15(13)19-18-14-7-3-1-5-12(14)9-10-17(18)22-20(16)19;1-3-7-15-13(5-1)9-11-17-19(15)20-16-8-4-2-6-14(16)10-12-18(20)21-17/h1-12H;1-11H;1-12H. The Morgan fingerprint density at radius 3 is 1.02 bits per heavy atom. The van der Waals surface area contributed by atoms with E-state index in [2.05, 4.69) is 217 Å². The van der Waals surface area contributed by atoms with Crippen LogP contribution in [-0.4, -0.2) is 6.29 Å². The average Bonchev–Trinajstić information content (AvgIpc) is 4.10. The van der Waals surface area contributed by atoms with E-state index in [1.54, 1.807) is 11.3 Å². The molecule has 0 aliphatic rings. The van der Waals surface area contributed by atoms with Crippen molar-refractivity contribution in [1.82, 2.24) is 0 Å². The summed E-state index contributed by atoms with van der Waals surface area (Å²) in [5.41, 5.74) is 0.781. The molecule has 0 saturated carbocycles. The van der Waals surface area contributed by atoms with Gasteiger partial charge in [-0.2, -0.15) is 0 Å². The lowest BCUT2D eigenvalue weighted by Gasteiger charge is -2.05. The molecule has 0 aliphatic heterocycles. The van der Waals surface area contributed by atoms with E-state index in [0.717, 1.165) is 21.9 Å². The summed E-state index contributed by atoms with van der Waals surface area (Å²) >= 11 is 7.99. The topological polar surface area (TPSA) is 17.1 Å². The number of fused-ring (bicyclic) bond motifs is 21. The first-order valence-electron chi connectivity index (χ1n) is 21.9. The Morgan fingerprint density at radius 1 is 0.303 bits per heavy atom. The highest BCUT2D eigenvalue weighted by Crippen LogP contribution is 2.46. The van der Waals surface area contributed by atoms with Crippen LogP contribution in [0, 0.1) is 3.57 Å². The molecular weight excluding hydrogens is 972 g/mol. The zero-order valence-electron chi connectivity index (χ0n) is 35.2. The van der Waals surface area contributed by atoms with E-state index >= 15 is 0 Å². The summed E-state index contributed by atoms with van der Waals surface area (Å²) < 4.78 is 9.20. The van der Waals surface area contributed by atoms with Crippen molar-refractivity contribution in [2.45, 2.75) is 0 Å². The minimum atomic E-state index is 0.781. The van der Waals surface area contributed by atoms with Gasteiger partial charge >= 0.3 is 0 Å². The van der Waals surface area contributed by atoms with Gasteiger partial charge in [-0.05, 0) is 124 Å². The van der Waals surface area contributed by atoms with Crippen LogP contribution in [0.2, 0.25) is 0 Å². The second-order valence-electron chi connectivity index (χ2n) is 16.7.